The van der Waals surface area contributed by atoms with Crippen LogP contribution < -0.4 is 10.6 Å². The smallest absolute Gasteiger partial charge is 0.267 e. The molecule has 0 radical (unpaired) electrons. The molecule has 2 N–H and O–H groups in total. The highest BCUT2D eigenvalue weighted by Gasteiger charge is 2.22. The van der Waals surface area contributed by atoms with Crippen molar-refractivity contribution in [1.29, 1.82) is 0 Å². The van der Waals surface area contributed by atoms with Gasteiger partial charge in [0.05, 0.1) is 6.61 Å². The Morgan fingerprint density at radius 2 is 2.26 bits per heavy atom. The van der Waals surface area contributed by atoms with Crippen LogP contribution >= 0.6 is 0 Å². The molecular weight excluding hydrogens is 242 g/mol. The molecule has 1 fully saturated rings. The SMILES string of the molecule is COCCNCCNC(=O)c1cccn1C1CCC1. The van der Waals surface area contributed by atoms with E-state index in [0.717, 1.165) is 18.8 Å². The first kappa shape index (κ1) is 14.1. The van der Waals surface area contributed by atoms with Crippen molar-refractivity contribution in [3.8, 4) is 0 Å². The zero-order chi connectivity index (χ0) is 13.5. The summed E-state index contributed by atoms with van der Waals surface area (Å²) in [5.41, 5.74) is 0.779. The van der Waals surface area contributed by atoms with Crippen molar-refractivity contribution in [2.75, 3.05) is 33.4 Å². The molecule has 0 aromatic carbocycles. The number of nitrogens with zero attached hydrogens (tertiary/aromatic N) is 1. The van der Waals surface area contributed by atoms with E-state index in [4.69, 9.17) is 4.74 Å². The standard InChI is InChI=1S/C14H23N3O2/c1-19-11-9-15-7-8-16-14(18)13-6-3-10-17(13)12-4-2-5-12/h3,6,10,12,15H,2,4-5,7-9,11H2,1H3,(H,16,18). The highest BCUT2D eigenvalue weighted by molar-refractivity contribution is 5.92. The van der Waals surface area contributed by atoms with Gasteiger partial charge < -0.3 is 19.9 Å². The molecule has 0 atom stereocenters. The molecule has 0 saturated heterocycles. The maximum absolute atomic E-state index is 12.1. The topological polar surface area (TPSA) is 55.3 Å². The summed E-state index contributed by atoms with van der Waals surface area (Å²) in [5.74, 6) is 0.0189. The van der Waals surface area contributed by atoms with Gasteiger partial charge in [-0.2, -0.15) is 0 Å². The quantitative estimate of drug-likeness (QED) is 0.694. The van der Waals surface area contributed by atoms with Crippen molar-refractivity contribution < 1.29 is 9.53 Å². The molecule has 1 heterocycles. The van der Waals surface area contributed by atoms with Gasteiger partial charge in [0.25, 0.3) is 5.91 Å². The summed E-state index contributed by atoms with van der Waals surface area (Å²) in [6, 6.07) is 4.37. The van der Waals surface area contributed by atoms with Crippen molar-refractivity contribution in [3.05, 3.63) is 24.0 Å². The Labute approximate surface area is 114 Å². The minimum atomic E-state index is 0.0189. The molecule has 2 rings (SSSR count). The summed E-state index contributed by atoms with van der Waals surface area (Å²) in [6.07, 6.45) is 5.66. The lowest BCUT2D eigenvalue weighted by atomic mass is 9.93. The number of carbonyl (C=O) groups excluding carboxylic acids is 1. The number of amides is 1. The molecule has 0 bridgehead atoms. The average Bonchev–Trinajstić information content (AvgIpc) is 2.80. The highest BCUT2D eigenvalue weighted by Crippen LogP contribution is 2.32. The second-order valence-corrected chi connectivity index (χ2v) is 4.88. The summed E-state index contributed by atoms with van der Waals surface area (Å²) in [5, 5.41) is 6.14. The Hall–Kier alpha value is -1.33. The summed E-state index contributed by atoms with van der Waals surface area (Å²) in [4.78, 5) is 12.1. The lowest BCUT2D eigenvalue weighted by Gasteiger charge is -2.28. The maximum Gasteiger partial charge on any atom is 0.267 e. The fraction of sp³-hybridized carbons (Fsp3) is 0.643. The lowest BCUT2D eigenvalue weighted by Crippen LogP contribution is -2.34. The molecule has 1 aliphatic rings. The highest BCUT2D eigenvalue weighted by atomic mass is 16.5. The van der Waals surface area contributed by atoms with Gasteiger partial charge in [-0.3, -0.25) is 4.79 Å². The van der Waals surface area contributed by atoms with Crippen LogP contribution in [0.2, 0.25) is 0 Å². The van der Waals surface area contributed by atoms with E-state index in [0.29, 0.717) is 19.2 Å². The molecule has 106 valence electrons. The maximum atomic E-state index is 12.1. The van der Waals surface area contributed by atoms with Gasteiger partial charge >= 0.3 is 0 Å². The van der Waals surface area contributed by atoms with Crippen LogP contribution in [0.1, 0.15) is 35.8 Å². The molecule has 5 nitrogen and oxygen atoms in total. The fourth-order valence-electron chi connectivity index (χ4n) is 2.22. The predicted molar refractivity (Wildman–Crippen MR) is 74.4 cm³/mol. The molecule has 0 aliphatic heterocycles. The first-order valence-electron chi connectivity index (χ1n) is 6.97. The number of methoxy groups -OCH3 is 1. The molecule has 0 spiro atoms. The Bertz CT molecular complexity index is 399. The van der Waals surface area contributed by atoms with E-state index in [9.17, 15) is 4.79 Å². The Balaban J connectivity index is 1.72. The van der Waals surface area contributed by atoms with Crippen LogP contribution in [0.3, 0.4) is 0 Å². The first-order valence-corrected chi connectivity index (χ1v) is 6.97. The van der Waals surface area contributed by atoms with Crippen molar-refractivity contribution in [1.82, 2.24) is 15.2 Å². The van der Waals surface area contributed by atoms with E-state index < -0.39 is 0 Å². The first-order chi connectivity index (χ1) is 9.33. The van der Waals surface area contributed by atoms with Gasteiger partial charge in [-0.1, -0.05) is 0 Å². The second kappa shape index (κ2) is 7.31. The molecule has 19 heavy (non-hydrogen) atoms. The van der Waals surface area contributed by atoms with E-state index in [1.165, 1.54) is 19.3 Å². The zero-order valence-corrected chi connectivity index (χ0v) is 11.5. The third-order valence-corrected chi connectivity index (χ3v) is 3.55. The summed E-state index contributed by atoms with van der Waals surface area (Å²) < 4.78 is 7.04. The van der Waals surface area contributed by atoms with E-state index in [2.05, 4.69) is 15.2 Å². The van der Waals surface area contributed by atoms with Crippen LogP contribution in [0, 0.1) is 0 Å². The number of nitrogens with one attached hydrogen (secondary N) is 2. The monoisotopic (exact) mass is 265 g/mol. The van der Waals surface area contributed by atoms with Crippen LogP contribution in [0.5, 0.6) is 0 Å². The number of hydrogen-bond donors (Lipinski definition) is 2. The number of aromatic nitrogens is 1. The van der Waals surface area contributed by atoms with Crippen LogP contribution in [0.25, 0.3) is 0 Å². The minimum Gasteiger partial charge on any atom is -0.383 e. The van der Waals surface area contributed by atoms with Gasteiger partial charge in [0.2, 0.25) is 0 Å². The summed E-state index contributed by atoms with van der Waals surface area (Å²) in [7, 11) is 1.68. The van der Waals surface area contributed by atoms with Crippen LogP contribution in [0.4, 0.5) is 0 Å². The average molecular weight is 265 g/mol. The predicted octanol–water partition coefficient (Wildman–Crippen LogP) is 1.18. The normalized spacial score (nSPS) is 15.2. The van der Waals surface area contributed by atoms with Gasteiger partial charge in [0, 0.05) is 39.0 Å². The van der Waals surface area contributed by atoms with Crippen LogP contribution in [-0.4, -0.2) is 43.8 Å². The zero-order valence-electron chi connectivity index (χ0n) is 11.5. The molecule has 0 unspecified atom stereocenters. The van der Waals surface area contributed by atoms with Gasteiger partial charge in [-0.05, 0) is 31.4 Å². The van der Waals surface area contributed by atoms with Gasteiger partial charge in [0.15, 0.2) is 0 Å². The molecule has 1 amide bonds. The van der Waals surface area contributed by atoms with Crippen molar-refractivity contribution in [2.45, 2.75) is 25.3 Å². The van der Waals surface area contributed by atoms with E-state index in [1.807, 2.05) is 18.3 Å². The van der Waals surface area contributed by atoms with Crippen molar-refractivity contribution in [3.63, 3.8) is 0 Å². The number of carbonyl (C=O) groups is 1. The molecule has 1 aliphatic carbocycles. The molecule has 1 saturated carbocycles. The molecule has 1 aromatic rings. The van der Waals surface area contributed by atoms with Crippen LogP contribution in [-0.2, 0) is 4.74 Å². The Kier molecular flexibility index (Phi) is 5.42. The largest absolute Gasteiger partial charge is 0.383 e. The third kappa shape index (κ3) is 3.81. The van der Waals surface area contributed by atoms with E-state index >= 15 is 0 Å². The van der Waals surface area contributed by atoms with Gasteiger partial charge in [-0.25, -0.2) is 0 Å². The van der Waals surface area contributed by atoms with Gasteiger partial charge in [0.1, 0.15) is 5.69 Å². The minimum absolute atomic E-state index is 0.0189. The number of ether oxygens (including phenoxy) is 1. The lowest BCUT2D eigenvalue weighted by molar-refractivity contribution is 0.0938. The number of rotatable bonds is 8. The third-order valence-electron chi connectivity index (χ3n) is 3.55. The molecule has 1 aromatic heterocycles. The summed E-state index contributed by atoms with van der Waals surface area (Å²) >= 11 is 0. The van der Waals surface area contributed by atoms with Gasteiger partial charge in [-0.15, -0.1) is 0 Å². The van der Waals surface area contributed by atoms with E-state index in [1.54, 1.807) is 7.11 Å². The van der Waals surface area contributed by atoms with E-state index in [-0.39, 0.29) is 5.91 Å². The number of hydrogen-bond acceptors (Lipinski definition) is 3. The fourth-order valence-corrected chi connectivity index (χ4v) is 2.22. The van der Waals surface area contributed by atoms with Crippen LogP contribution in [0.15, 0.2) is 18.3 Å². The summed E-state index contributed by atoms with van der Waals surface area (Å²) in [6.45, 7) is 2.90. The Morgan fingerprint density at radius 3 is 2.95 bits per heavy atom. The Morgan fingerprint density at radius 1 is 1.42 bits per heavy atom. The molecule has 5 heteroatoms. The van der Waals surface area contributed by atoms with Crippen molar-refractivity contribution in [2.24, 2.45) is 0 Å². The second-order valence-electron chi connectivity index (χ2n) is 4.88. The molecular formula is C14H23N3O2. The van der Waals surface area contributed by atoms with Crippen molar-refractivity contribution >= 4 is 5.91 Å².